The number of carbonyl (C=O) groups is 1. The number of allylic oxidation sites excluding steroid dienone is 3. The van der Waals surface area contributed by atoms with Crippen LogP contribution in [0.4, 0.5) is 10.5 Å². The number of carbonyl (C=O) groups excluding carboxylic acids is 1. The van der Waals surface area contributed by atoms with Gasteiger partial charge in [0.2, 0.25) is 0 Å². The van der Waals surface area contributed by atoms with Crippen molar-refractivity contribution in [3.05, 3.63) is 53.3 Å². The number of amides is 2. The molecule has 0 saturated carbocycles. The third-order valence-corrected chi connectivity index (χ3v) is 3.68. The van der Waals surface area contributed by atoms with Crippen LogP contribution < -0.4 is 22.1 Å². The molecule has 0 atom stereocenters. The Kier molecular flexibility index (Phi) is 5.89. The Labute approximate surface area is 131 Å². The van der Waals surface area contributed by atoms with Crippen LogP contribution in [0.15, 0.2) is 47.7 Å². The largest absolute Gasteiger partial charge is 0.402 e. The van der Waals surface area contributed by atoms with E-state index in [-0.39, 0.29) is 6.03 Å². The SMILES string of the molecule is NC1=CC=C(CCNC(=O)NCCc2ccc(N)cc2)CC1. The quantitative estimate of drug-likeness (QED) is 0.606. The number of benzene rings is 1. The second kappa shape index (κ2) is 8.12. The number of hydrogen-bond donors (Lipinski definition) is 4. The van der Waals surface area contributed by atoms with Crippen LogP contribution in [0.3, 0.4) is 0 Å². The van der Waals surface area contributed by atoms with Crippen molar-refractivity contribution in [2.45, 2.75) is 25.7 Å². The van der Waals surface area contributed by atoms with E-state index in [4.69, 9.17) is 11.5 Å². The number of rotatable bonds is 6. The Hall–Kier alpha value is -2.43. The van der Waals surface area contributed by atoms with Gasteiger partial charge in [0, 0.05) is 24.5 Å². The molecule has 5 heteroatoms. The molecule has 1 aliphatic carbocycles. The van der Waals surface area contributed by atoms with Crippen LogP contribution in [0.1, 0.15) is 24.8 Å². The van der Waals surface area contributed by atoms with E-state index >= 15 is 0 Å². The molecule has 0 bridgehead atoms. The lowest BCUT2D eigenvalue weighted by atomic mass is 10.0. The van der Waals surface area contributed by atoms with Crippen LogP contribution in [0.25, 0.3) is 0 Å². The molecule has 0 aliphatic heterocycles. The van der Waals surface area contributed by atoms with Crippen LogP contribution in [0.5, 0.6) is 0 Å². The molecular formula is C17H24N4O. The summed E-state index contributed by atoms with van der Waals surface area (Å²) in [5.41, 5.74) is 15.5. The molecule has 22 heavy (non-hydrogen) atoms. The molecule has 6 N–H and O–H groups in total. The molecule has 0 heterocycles. The standard InChI is InChI=1S/C17H24N4O/c18-15-5-1-13(2-6-15)9-11-20-17(22)21-12-10-14-3-7-16(19)8-4-14/h1-3,5-7H,4,8-12,18-19H2,(H2,20,21,22). The Morgan fingerprint density at radius 3 is 2.27 bits per heavy atom. The highest BCUT2D eigenvalue weighted by atomic mass is 16.2. The third-order valence-electron chi connectivity index (χ3n) is 3.68. The summed E-state index contributed by atoms with van der Waals surface area (Å²) < 4.78 is 0. The van der Waals surface area contributed by atoms with Crippen molar-refractivity contribution in [2.24, 2.45) is 5.73 Å². The lowest BCUT2D eigenvalue weighted by Crippen LogP contribution is -2.37. The fraction of sp³-hybridized carbons (Fsp3) is 0.353. The first kappa shape index (κ1) is 15.9. The van der Waals surface area contributed by atoms with Crippen molar-refractivity contribution >= 4 is 11.7 Å². The van der Waals surface area contributed by atoms with Crippen molar-refractivity contribution in [1.82, 2.24) is 10.6 Å². The summed E-state index contributed by atoms with van der Waals surface area (Å²) in [4.78, 5) is 11.7. The van der Waals surface area contributed by atoms with Gasteiger partial charge in [-0.05, 0) is 49.5 Å². The number of nitrogens with two attached hydrogens (primary N) is 2. The van der Waals surface area contributed by atoms with Gasteiger partial charge in [0.15, 0.2) is 0 Å². The summed E-state index contributed by atoms with van der Waals surface area (Å²) >= 11 is 0. The first-order chi connectivity index (χ1) is 10.6. The van der Waals surface area contributed by atoms with Crippen molar-refractivity contribution in [2.75, 3.05) is 18.8 Å². The van der Waals surface area contributed by atoms with Crippen molar-refractivity contribution in [1.29, 1.82) is 0 Å². The molecule has 0 radical (unpaired) electrons. The van der Waals surface area contributed by atoms with Crippen molar-refractivity contribution in [3.63, 3.8) is 0 Å². The smallest absolute Gasteiger partial charge is 0.314 e. The topological polar surface area (TPSA) is 93.2 Å². The first-order valence-electron chi connectivity index (χ1n) is 7.63. The van der Waals surface area contributed by atoms with Crippen LogP contribution >= 0.6 is 0 Å². The van der Waals surface area contributed by atoms with Crippen LogP contribution in [-0.4, -0.2) is 19.1 Å². The molecule has 1 aliphatic rings. The average Bonchev–Trinajstić information content (AvgIpc) is 2.51. The summed E-state index contributed by atoms with van der Waals surface area (Å²) in [6.07, 6.45) is 7.57. The zero-order valence-electron chi connectivity index (χ0n) is 12.8. The summed E-state index contributed by atoms with van der Waals surface area (Å²) in [6, 6.07) is 7.57. The highest BCUT2D eigenvalue weighted by Gasteiger charge is 2.05. The first-order valence-corrected chi connectivity index (χ1v) is 7.63. The van der Waals surface area contributed by atoms with Gasteiger partial charge in [-0.1, -0.05) is 23.8 Å². The molecule has 1 aromatic carbocycles. The number of hydrogen-bond acceptors (Lipinski definition) is 3. The lowest BCUT2D eigenvalue weighted by molar-refractivity contribution is 0.241. The van der Waals surface area contributed by atoms with E-state index in [0.717, 1.165) is 42.6 Å². The molecule has 0 spiro atoms. The average molecular weight is 300 g/mol. The highest BCUT2D eigenvalue weighted by Crippen LogP contribution is 2.17. The third kappa shape index (κ3) is 5.52. The molecule has 1 aromatic rings. The molecule has 2 amide bonds. The summed E-state index contributed by atoms with van der Waals surface area (Å²) in [6.45, 7) is 1.25. The number of urea groups is 1. The fourth-order valence-electron chi connectivity index (χ4n) is 2.31. The summed E-state index contributed by atoms with van der Waals surface area (Å²) in [5, 5.41) is 5.73. The highest BCUT2D eigenvalue weighted by molar-refractivity contribution is 5.73. The lowest BCUT2D eigenvalue weighted by Gasteiger charge is -2.12. The zero-order chi connectivity index (χ0) is 15.8. The van der Waals surface area contributed by atoms with Crippen LogP contribution in [0, 0.1) is 0 Å². The zero-order valence-corrected chi connectivity index (χ0v) is 12.8. The molecule has 2 rings (SSSR count). The maximum absolute atomic E-state index is 11.7. The van der Waals surface area contributed by atoms with E-state index < -0.39 is 0 Å². The summed E-state index contributed by atoms with van der Waals surface area (Å²) in [5.74, 6) is 0. The maximum atomic E-state index is 11.7. The Morgan fingerprint density at radius 2 is 1.64 bits per heavy atom. The predicted octanol–water partition coefficient (Wildman–Crippen LogP) is 2.06. The van der Waals surface area contributed by atoms with Crippen LogP contribution in [0.2, 0.25) is 0 Å². The maximum Gasteiger partial charge on any atom is 0.314 e. The van der Waals surface area contributed by atoms with Gasteiger partial charge in [0.25, 0.3) is 0 Å². The predicted molar refractivity (Wildman–Crippen MR) is 90.2 cm³/mol. The van der Waals surface area contributed by atoms with E-state index in [2.05, 4.69) is 16.7 Å². The number of anilines is 1. The molecular weight excluding hydrogens is 276 g/mol. The minimum Gasteiger partial charge on any atom is -0.402 e. The fourth-order valence-corrected chi connectivity index (χ4v) is 2.31. The normalized spacial score (nSPS) is 14.0. The van der Waals surface area contributed by atoms with Gasteiger partial charge in [-0.25, -0.2) is 4.79 Å². The molecule has 0 fully saturated rings. The van der Waals surface area contributed by atoms with E-state index in [1.54, 1.807) is 0 Å². The molecule has 0 unspecified atom stereocenters. The molecule has 118 valence electrons. The minimum absolute atomic E-state index is 0.123. The van der Waals surface area contributed by atoms with Gasteiger partial charge in [-0.15, -0.1) is 0 Å². The van der Waals surface area contributed by atoms with Gasteiger partial charge >= 0.3 is 6.03 Å². The molecule has 0 aromatic heterocycles. The molecule has 5 nitrogen and oxygen atoms in total. The van der Waals surface area contributed by atoms with E-state index in [1.807, 2.05) is 30.3 Å². The summed E-state index contributed by atoms with van der Waals surface area (Å²) in [7, 11) is 0. The number of nitrogens with one attached hydrogen (secondary N) is 2. The second-order valence-electron chi connectivity index (χ2n) is 5.49. The van der Waals surface area contributed by atoms with E-state index in [9.17, 15) is 4.79 Å². The Morgan fingerprint density at radius 1 is 0.955 bits per heavy atom. The molecule has 0 saturated heterocycles. The van der Waals surface area contributed by atoms with Gasteiger partial charge in [-0.3, -0.25) is 0 Å². The van der Waals surface area contributed by atoms with Gasteiger partial charge in [0.1, 0.15) is 0 Å². The van der Waals surface area contributed by atoms with Gasteiger partial charge in [0.05, 0.1) is 0 Å². The van der Waals surface area contributed by atoms with Gasteiger partial charge < -0.3 is 22.1 Å². The Bertz CT molecular complexity index is 561. The van der Waals surface area contributed by atoms with Crippen molar-refractivity contribution in [3.8, 4) is 0 Å². The monoisotopic (exact) mass is 300 g/mol. The van der Waals surface area contributed by atoms with Crippen LogP contribution in [-0.2, 0) is 6.42 Å². The minimum atomic E-state index is -0.123. The van der Waals surface area contributed by atoms with E-state index in [1.165, 1.54) is 5.57 Å². The second-order valence-corrected chi connectivity index (χ2v) is 5.49. The van der Waals surface area contributed by atoms with Crippen molar-refractivity contribution < 1.29 is 4.79 Å². The van der Waals surface area contributed by atoms with Gasteiger partial charge in [-0.2, -0.15) is 0 Å². The van der Waals surface area contributed by atoms with E-state index in [0.29, 0.717) is 13.1 Å². The number of nitrogen functional groups attached to an aromatic ring is 1. The Balaban J connectivity index is 1.59.